The Balaban J connectivity index is 1.11. The first-order chi connectivity index (χ1) is 25.5. The second-order valence-corrected chi connectivity index (χ2v) is 12.6. The minimum atomic E-state index is -0.761. The molecule has 4 N–H and O–H groups in total. The Bertz CT molecular complexity index is 1500. The number of carbonyl (C=O) groups is 4. The minimum absolute atomic E-state index is 0.122. The van der Waals surface area contributed by atoms with Gasteiger partial charge in [-0.25, -0.2) is 9.59 Å². The van der Waals surface area contributed by atoms with Crippen molar-refractivity contribution < 1.29 is 28.7 Å². The summed E-state index contributed by atoms with van der Waals surface area (Å²) < 4.78 is 10.7. The maximum atomic E-state index is 13.1. The molecule has 4 rings (SSSR count). The van der Waals surface area contributed by atoms with Gasteiger partial charge in [0.2, 0.25) is 11.8 Å². The van der Waals surface area contributed by atoms with Crippen molar-refractivity contribution >= 4 is 24.0 Å². The fourth-order valence-electron chi connectivity index (χ4n) is 5.56. The van der Waals surface area contributed by atoms with Crippen LogP contribution in [0.4, 0.5) is 9.59 Å². The van der Waals surface area contributed by atoms with Crippen molar-refractivity contribution in [3.8, 4) is 0 Å². The van der Waals surface area contributed by atoms with Crippen molar-refractivity contribution in [3.05, 3.63) is 144 Å². The van der Waals surface area contributed by atoms with Crippen LogP contribution in [0, 0.1) is 0 Å². The lowest BCUT2D eigenvalue weighted by atomic mass is 10.1. The molecule has 274 valence electrons. The fourth-order valence-corrected chi connectivity index (χ4v) is 5.56. The summed E-state index contributed by atoms with van der Waals surface area (Å²) in [4.78, 5) is 51.2. The molecule has 0 saturated heterocycles. The van der Waals surface area contributed by atoms with Gasteiger partial charge in [-0.05, 0) is 35.1 Å². The van der Waals surface area contributed by atoms with Gasteiger partial charge in [0.1, 0.15) is 25.3 Å². The van der Waals surface area contributed by atoms with E-state index in [2.05, 4.69) is 21.3 Å². The van der Waals surface area contributed by atoms with Gasteiger partial charge in [-0.1, -0.05) is 147 Å². The molecule has 4 aromatic rings. The molecular weight excluding hydrogens is 656 g/mol. The number of amides is 4. The standard InChI is InChI=1S/C42H50N4O6/c47-39(37(29-33-19-9-5-10-20-33)45-41(49)51-31-35-23-13-7-14-24-35)43-27-17-3-1-2-4-18-28-44-40(48)38(30-34-21-11-6-12-22-34)46-42(50)52-32-36-25-15-8-16-26-36/h5-16,19-26,37-38H,1-4,17-18,27-32H2,(H,43,47)(H,44,48)(H,45,49)(H,46,50)/t37-,38-/m0/s1. The topological polar surface area (TPSA) is 135 Å². The summed E-state index contributed by atoms with van der Waals surface area (Å²) in [5.74, 6) is -0.499. The molecule has 0 aliphatic carbocycles. The maximum Gasteiger partial charge on any atom is 0.408 e. The van der Waals surface area contributed by atoms with Crippen molar-refractivity contribution in [2.75, 3.05) is 13.1 Å². The summed E-state index contributed by atoms with van der Waals surface area (Å²) in [5.41, 5.74) is 3.61. The molecule has 0 aromatic heterocycles. The molecule has 4 amide bonds. The highest BCUT2D eigenvalue weighted by molar-refractivity contribution is 5.86. The number of alkyl carbamates (subject to hydrolysis) is 2. The first kappa shape index (κ1) is 39.2. The van der Waals surface area contributed by atoms with Crippen molar-refractivity contribution in [2.24, 2.45) is 0 Å². The molecule has 0 unspecified atom stereocenters. The Morgan fingerprint density at radius 1 is 0.423 bits per heavy atom. The average molecular weight is 707 g/mol. The first-order valence-corrected chi connectivity index (χ1v) is 18.0. The number of ether oxygens (including phenoxy) is 2. The molecule has 10 nitrogen and oxygen atoms in total. The molecule has 0 radical (unpaired) electrons. The van der Waals surface area contributed by atoms with Gasteiger partial charge in [0, 0.05) is 25.9 Å². The predicted molar refractivity (Wildman–Crippen MR) is 201 cm³/mol. The summed E-state index contributed by atoms with van der Waals surface area (Å²) >= 11 is 0. The van der Waals surface area contributed by atoms with Gasteiger partial charge in [0.15, 0.2) is 0 Å². The van der Waals surface area contributed by atoms with E-state index in [-0.39, 0.29) is 25.0 Å². The smallest absolute Gasteiger partial charge is 0.408 e. The Morgan fingerprint density at radius 3 is 1.08 bits per heavy atom. The van der Waals surface area contributed by atoms with Crippen LogP contribution >= 0.6 is 0 Å². The van der Waals surface area contributed by atoms with E-state index < -0.39 is 24.3 Å². The molecule has 0 spiro atoms. The van der Waals surface area contributed by atoms with Gasteiger partial charge in [-0.15, -0.1) is 0 Å². The van der Waals surface area contributed by atoms with Crippen molar-refractivity contribution in [3.63, 3.8) is 0 Å². The van der Waals surface area contributed by atoms with Crippen LogP contribution in [0.25, 0.3) is 0 Å². The molecule has 2 atom stereocenters. The van der Waals surface area contributed by atoms with Gasteiger partial charge < -0.3 is 30.7 Å². The van der Waals surface area contributed by atoms with E-state index in [0.29, 0.717) is 25.9 Å². The number of nitrogens with one attached hydrogen (secondary N) is 4. The number of carbonyl (C=O) groups excluding carboxylic acids is 4. The summed E-state index contributed by atoms with van der Waals surface area (Å²) in [6, 6.07) is 36.4. The molecule has 4 aromatic carbocycles. The molecule has 0 aliphatic rings. The normalized spacial score (nSPS) is 11.8. The van der Waals surface area contributed by atoms with Crippen molar-refractivity contribution in [1.82, 2.24) is 21.3 Å². The van der Waals surface area contributed by atoms with E-state index in [1.54, 1.807) is 0 Å². The second-order valence-electron chi connectivity index (χ2n) is 12.6. The summed E-state index contributed by atoms with van der Waals surface area (Å²) in [5, 5.41) is 11.4. The van der Waals surface area contributed by atoms with Crippen LogP contribution in [0.1, 0.15) is 60.8 Å². The van der Waals surface area contributed by atoms with Crippen molar-refractivity contribution in [2.45, 2.75) is 76.7 Å². The van der Waals surface area contributed by atoms with Gasteiger partial charge in [0.25, 0.3) is 0 Å². The van der Waals surface area contributed by atoms with Crippen LogP contribution in [0.15, 0.2) is 121 Å². The van der Waals surface area contributed by atoms with Crippen LogP contribution < -0.4 is 21.3 Å². The summed E-state index contributed by atoms with van der Waals surface area (Å²) in [6.45, 7) is 1.25. The molecule has 0 fully saturated rings. The van der Waals surface area contributed by atoms with E-state index in [9.17, 15) is 19.2 Å². The zero-order chi connectivity index (χ0) is 36.6. The lowest BCUT2D eigenvalue weighted by Crippen LogP contribution is -2.48. The molecule has 10 heteroatoms. The maximum absolute atomic E-state index is 13.1. The Morgan fingerprint density at radius 2 is 0.731 bits per heavy atom. The van der Waals surface area contributed by atoms with Gasteiger partial charge in [-0.2, -0.15) is 0 Å². The van der Waals surface area contributed by atoms with Gasteiger partial charge >= 0.3 is 12.2 Å². The number of hydrogen-bond donors (Lipinski definition) is 4. The third kappa shape index (κ3) is 15.5. The fraction of sp³-hybridized carbons (Fsp3) is 0.333. The Labute approximate surface area is 306 Å². The third-order valence-corrected chi connectivity index (χ3v) is 8.41. The molecule has 0 saturated carbocycles. The summed E-state index contributed by atoms with van der Waals surface area (Å²) in [7, 11) is 0. The highest BCUT2D eigenvalue weighted by Gasteiger charge is 2.23. The first-order valence-electron chi connectivity index (χ1n) is 18.0. The Kier molecular flexibility index (Phi) is 17.3. The molecule has 0 heterocycles. The summed E-state index contributed by atoms with van der Waals surface area (Å²) in [6.07, 6.45) is 4.92. The number of hydrogen-bond acceptors (Lipinski definition) is 6. The van der Waals surface area contributed by atoms with Crippen LogP contribution in [0.3, 0.4) is 0 Å². The quantitative estimate of drug-likeness (QED) is 0.0719. The van der Waals surface area contributed by atoms with Crippen LogP contribution in [0.2, 0.25) is 0 Å². The lowest BCUT2D eigenvalue weighted by molar-refractivity contribution is -0.123. The van der Waals surface area contributed by atoms with Crippen LogP contribution in [-0.4, -0.2) is 49.2 Å². The van der Waals surface area contributed by atoms with Crippen LogP contribution in [0.5, 0.6) is 0 Å². The molecular formula is C42H50N4O6. The largest absolute Gasteiger partial charge is 0.445 e. The third-order valence-electron chi connectivity index (χ3n) is 8.41. The second kappa shape index (κ2) is 23.0. The number of unbranched alkanes of at least 4 members (excludes halogenated alkanes) is 5. The highest BCUT2D eigenvalue weighted by atomic mass is 16.6. The molecule has 0 bridgehead atoms. The minimum Gasteiger partial charge on any atom is -0.445 e. The zero-order valence-corrected chi connectivity index (χ0v) is 29.6. The van der Waals surface area contributed by atoms with Crippen LogP contribution in [-0.2, 0) is 45.1 Å². The average Bonchev–Trinajstić information content (AvgIpc) is 3.18. The predicted octanol–water partition coefficient (Wildman–Crippen LogP) is 6.63. The van der Waals surface area contributed by atoms with Gasteiger partial charge in [0.05, 0.1) is 0 Å². The number of benzene rings is 4. The lowest BCUT2D eigenvalue weighted by Gasteiger charge is -2.19. The van der Waals surface area contributed by atoms with E-state index in [4.69, 9.17) is 9.47 Å². The monoisotopic (exact) mass is 706 g/mol. The van der Waals surface area contributed by atoms with Gasteiger partial charge in [-0.3, -0.25) is 9.59 Å². The van der Waals surface area contributed by atoms with E-state index in [0.717, 1.165) is 60.8 Å². The molecule has 52 heavy (non-hydrogen) atoms. The Hall–Kier alpha value is -5.64. The number of rotatable bonds is 21. The zero-order valence-electron chi connectivity index (χ0n) is 29.6. The van der Waals surface area contributed by atoms with E-state index >= 15 is 0 Å². The van der Waals surface area contributed by atoms with E-state index in [1.165, 1.54) is 0 Å². The van der Waals surface area contributed by atoms with Crippen molar-refractivity contribution in [1.29, 1.82) is 0 Å². The molecule has 0 aliphatic heterocycles. The highest BCUT2D eigenvalue weighted by Crippen LogP contribution is 2.09. The van der Waals surface area contributed by atoms with E-state index in [1.807, 2.05) is 121 Å². The SMILES string of the molecule is O=C(N[C@@H](Cc1ccccc1)C(=O)NCCCCCCCCNC(=O)[C@H](Cc1ccccc1)NC(=O)OCc1ccccc1)OCc1ccccc1.